The van der Waals surface area contributed by atoms with Crippen LogP contribution in [0.4, 0.5) is 8.78 Å². The summed E-state index contributed by atoms with van der Waals surface area (Å²) < 4.78 is 26.1. The van der Waals surface area contributed by atoms with Crippen molar-refractivity contribution in [1.82, 2.24) is 4.98 Å². The first-order chi connectivity index (χ1) is 7.15. The lowest BCUT2D eigenvalue weighted by atomic mass is 10.1. The van der Waals surface area contributed by atoms with Gasteiger partial charge >= 0.3 is 0 Å². The number of rotatable bonds is 1. The predicted molar refractivity (Wildman–Crippen MR) is 52.4 cm³/mol. The molecule has 0 fully saturated rings. The maximum atomic E-state index is 13.2. The first kappa shape index (κ1) is 9.79. The second-order valence-electron chi connectivity index (χ2n) is 3.13. The van der Waals surface area contributed by atoms with E-state index in [9.17, 15) is 13.6 Å². The molecular weight excluding hydrogens is 202 g/mol. The fourth-order valence-electron chi connectivity index (χ4n) is 1.43. The van der Waals surface area contributed by atoms with Gasteiger partial charge < -0.3 is 10.7 Å². The van der Waals surface area contributed by atoms with Crippen molar-refractivity contribution in [3.05, 3.63) is 45.8 Å². The van der Waals surface area contributed by atoms with Gasteiger partial charge in [-0.05, 0) is 12.1 Å². The Labute approximate surface area is 83.5 Å². The second kappa shape index (κ2) is 3.43. The van der Waals surface area contributed by atoms with Gasteiger partial charge in [0, 0.05) is 23.7 Å². The Balaban J connectivity index is 2.92. The van der Waals surface area contributed by atoms with Gasteiger partial charge in [0.05, 0.1) is 5.52 Å². The van der Waals surface area contributed by atoms with E-state index in [-0.39, 0.29) is 22.9 Å². The minimum absolute atomic E-state index is 0.0598. The normalized spacial score (nSPS) is 10.9. The van der Waals surface area contributed by atoms with Crippen molar-refractivity contribution in [3.8, 4) is 0 Å². The molecule has 0 aliphatic carbocycles. The molecule has 0 unspecified atom stereocenters. The lowest BCUT2D eigenvalue weighted by Crippen LogP contribution is -2.14. The Morgan fingerprint density at radius 2 is 2.07 bits per heavy atom. The van der Waals surface area contributed by atoms with E-state index in [2.05, 4.69) is 4.98 Å². The van der Waals surface area contributed by atoms with Crippen LogP contribution < -0.4 is 11.2 Å². The van der Waals surface area contributed by atoms with E-state index in [1.165, 1.54) is 12.3 Å². The van der Waals surface area contributed by atoms with Crippen molar-refractivity contribution in [1.29, 1.82) is 0 Å². The van der Waals surface area contributed by atoms with Crippen LogP contribution in [-0.4, -0.2) is 4.98 Å². The number of fused-ring (bicyclic) bond motifs is 1. The van der Waals surface area contributed by atoms with Crippen LogP contribution in [0.1, 0.15) is 5.56 Å². The molecule has 1 heterocycles. The van der Waals surface area contributed by atoms with Crippen LogP contribution in [0.2, 0.25) is 0 Å². The fraction of sp³-hybridized carbons (Fsp3) is 0.100. The van der Waals surface area contributed by atoms with Gasteiger partial charge in [0.1, 0.15) is 0 Å². The van der Waals surface area contributed by atoms with Crippen molar-refractivity contribution in [2.24, 2.45) is 5.73 Å². The maximum Gasteiger partial charge on any atom is 0.193 e. The number of halogens is 2. The molecule has 5 heteroatoms. The largest absolute Gasteiger partial charge is 0.358 e. The third-order valence-electron chi connectivity index (χ3n) is 2.24. The van der Waals surface area contributed by atoms with Crippen molar-refractivity contribution in [2.75, 3.05) is 0 Å². The highest BCUT2D eigenvalue weighted by atomic mass is 19.2. The van der Waals surface area contributed by atoms with Crippen LogP contribution in [0.15, 0.2) is 23.1 Å². The van der Waals surface area contributed by atoms with Crippen molar-refractivity contribution < 1.29 is 8.78 Å². The summed E-state index contributed by atoms with van der Waals surface area (Å²) in [7, 11) is 0. The first-order valence-corrected chi connectivity index (χ1v) is 4.33. The Morgan fingerprint density at radius 3 is 2.73 bits per heavy atom. The molecule has 2 aromatic rings. The highest BCUT2D eigenvalue weighted by Gasteiger charge is 2.10. The third kappa shape index (κ3) is 1.41. The molecule has 0 saturated heterocycles. The van der Waals surface area contributed by atoms with Crippen LogP contribution >= 0.6 is 0 Å². The summed E-state index contributed by atoms with van der Waals surface area (Å²) in [6.07, 6.45) is 1.30. The molecule has 1 aromatic carbocycles. The number of hydrogen-bond acceptors (Lipinski definition) is 2. The first-order valence-electron chi connectivity index (χ1n) is 4.33. The number of H-pyrrole nitrogens is 1. The van der Waals surface area contributed by atoms with Gasteiger partial charge in [0.2, 0.25) is 0 Å². The zero-order valence-electron chi connectivity index (χ0n) is 7.68. The van der Waals surface area contributed by atoms with Crippen LogP contribution in [0, 0.1) is 11.6 Å². The van der Waals surface area contributed by atoms with E-state index in [0.717, 1.165) is 6.07 Å². The molecule has 0 saturated carbocycles. The zero-order chi connectivity index (χ0) is 11.0. The highest BCUT2D eigenvalue weighted by molar-refractivity contribution is 5.79. The summed E-state index contributed by atoms with van der Waals surface area (Å²) in [5.74, 6) is -2.04. The van der Waals surface area contributed by atoms with Crippen molar-refractivity contribution >= 4 is 10.9 Å². The van der Waals surface area contributed by atoms with Gasteiger partial charge in [-0.3, -0.25) is 4.79 Å². The summed E-state index contributed by atoms with van der Waals surface area (Å²) in [6.45, 7) is 0.0598. The number of nitrogens with one attached hydrogen (secondary N) is 1. The van der Waals surface area contributed by atoms with Crippen LogP contribution in [0.5, 0.6) is 0 Å². The monoisotopic (exact) mass is 210 g/mol. The Kier molecular flexibility index (Phi) is 2.24. The van der Waals surface area contributed by atoms with Crippen molar-refractivity contribution in [2.45, 2.75) is 6.54 Å². The van der Waals surface area contributed by atoms with E-state index in [4.69, 9.17) is 5.73 Å². The summed E-state index contributed by atoms with van der Waals surface area (Å²) in [4.78, 5) is 14.2. The highest BCUT2D eigenvalue weighted by Crippen LogP contribution is 2.15. The molecule has 78 valence electrons. The molecule has 2 rings (SSSR count). The molecule has 0 radical (unpaired) electrons. The molecule has 0 aliphatic heterocycles. The Morgan fingerprint density at radius 1 is 1.33 bits per heavy atom. The lowest BCUT2D eigenvalue weighted by molar-refractivity contribution is 0.515. The number of nitrogens with two attached hydrogens (primary N) is 1. The van der Waals surface area contributed by atoms with E-state index in [1.807, 2.05) is 0 Å². The number of aromatic amines is 1. The molecule has 3 N–H and O–H groups in total. The van der Waals surface area contributed by atoms with Crippen LogP contribution in [0.3, 0.4) is 0 Å². The van der Waals surface area contributed by atoms with E-state index in [1.54, 1.807) is 0 Å². The molecule has 0 atom stereocenters. The Bertz CT molecular complexity index is 577. The lowest BCUT2D eigenvalue weighted by Gasteiger charge is -2.02. The molecule has 0 amide bonds. The minimum Gasteiger partial charge on any atom is -0.358 e. The van der Waals surface area contributed by atoms with Crippen molar-refractivity contribution in [3.63, 3.8) is 0 Å². The van der Waals surface area contributed by atoms with Crippen LogP contribution in [-0.2, 0) is 6.54 Å². The van der Waals surface area contributed by atoms with Gasteiger partial charge in [-0.15, -0.1) is 0 Å². The van der Waals surface area contributed by atoms with Crippen LogP contribution in [0.25, 0.3) is 10.9 Å². The third-order valence-corrected chi connectivity index (χ3v) is 2.24. The summed E-state index contributed by atoms with van der Waals surface area (Å²) in [5, 5.41) is 0.108. The van der Waals surface area contributed by atoms with E-state index >= 15 is 0 Å². The predicted octanol–water partition coefficient (Wildman–Crippen LogP) is 1.26. The van der Waals surface area contributed by atoms with Gasteiger partial charge in [-0.2, -0.15) is 0 Å². The summed E-state index contributed by atoms with van der Waals surface area (Å²) in [5.41, 5.74) is 5.17. The maximum absolute atomic E-state index is 13.2. The molecule has 1 aromatic heterocycles. The average molecular weight is 210 g/mol. The quantitative estimate of drug-likeness (QED) is 0.744. The van der Waals surface area contributed by atoms with Gasteiger partial charge in [-0.25, -0.2) is 8.78 Å². The summed E-state index contributed by atoms with van der Waals surface area (Å²) >= 11 is 0. The number of hydrogen-bond donors (Lipinski definition) is 2. The van der Waals surface area contributed by atoms with Gasteiger partial charge in [0.25, 0.3) is 0 Å². The minimum atomic E-state index is -1.05. The summed E-state index contributed by atoms with van der Waals surface area (Å²) in [6, 6.07) is 2.17. The topological polar surface area (TPSA) is 58.9 Å². The zero-order valence-corrected chi connectivity index (χ0v) is 7.68. The van der Waals surface area contributed by atoms with E-state index in [0.29, 0.717) is 5.56 Å². The Hall–Kier alpha value is -1.75. The molecule has 3 nitrogen and oxygen atoms in total. The fourth-order valence-corrected chi connectivity index (χ4v) is 1.43. The number of benzene rings is 1. The standard InChI is InChI=1S/C10H8F2N2O/c11-7-2-1-6-9(8(7)12)14-4-5(3-13)10(6)15/h1-2,4H,3,13H2,(H,14,15). The molecule has 15 heavy (non-hydrogen) atoms. The number of aromatic nitrogens is 1. The molecule has 0 aliphatic rings. The molecule has 0 bridgehead atoms. The average Bonchev–Trinajstić information content (AvgIpc) is 2.24. The molecule has 0 spiro atoms. The van der Waals surface area contributed by atoms with Gasteiger partial charge in [-0.1, -0.05) is 0 Å². The molecular formula is C10H8F2N2O. The van der Waals surface area contributed by atoms with Gasteiger partial charge in [0.15, 0.2) is 17.1 Å². The SMILES string of the molecule is NCc1c[nH]c2c(F)c(F)ccc2c1=O. The smallest absolute Gasteiger partial charge is 0.193 e. The number of pyridine rings is 1. The second-order valence-corrected chi connectivity index (χ2v) is 3.13. The van der Waals surface area contributed by atoms with E-state index < -0.39 is 11.6 Å².